The molecule has 0 saturated heterocycles. The van der Waals surface area contributed by atoms with E-state index < -0.39 is 15.9 Å². The Morgan fingerprint density at radius 2 is 1.67 bits per heavy atom. The standard InChI is InChI=1S/C17H19NO5S/c19-17(10-14(11-1-2-11)12-3-4-12)18-24(20,21)13-5-6-15-16(9-13)23-8-7-22-15/h5-6,9-12H,1-4,7-8H2,(H,18,19). The average Bonchev–Trinajstić information content (AvgIpc) is 3.45. The topological polar surface area (TPSA) is 81.7 Å². The van der Waals surface area contributed by atoms with E-state index in [-0.39, 0.29) is 4.90 Å². The summed E-state index contributed by atoms with van der Waals surface area (Å²) < 4.78 is 37.8. The highest BCUT2D eigenvalue weighted by atomic mass is 32.2. The molecule has 0 atom stereocenters. The molecule has 24 heavy (non-hydrogen) atoms. The molecule has 6 nitrogen and oxygen atoms in total. The van der Waals surface area contributed by atoms with E-state index in [2.05, 4.69) is 4.72 Å². The maximum Gasteiger partial charge on any atom is 0.264 e. The molecule has 1 aromatic carbocycles. The molecule has 0 aromatic heterocycles. The second kappa shape index (κ2) is 5.81. The van der Waals surface area contributed by atoms with Crippen molar-refractivity contribution in [1.29, 1.82) is 0 Å². The fourth-order valence-electron chi connectivity index (χ4n) is 2.97. The summed E-state index contributed by atoms with van der Waals surface area (Å²) in [5.41, 5.74) is 1.12. The number of amides is 1. The molecule has 7 heteroatoms. The molecule has 1 aliphatic heterocycles. The van der Waals surface area contributed by atoms with Gasteiger partial charge in [0.05, 0.1) is 4.90 Å². The van der Waals surface area contributed by atoms with Gasteiger partial charge in [-0.1, -0.05) is 5.57 Å². The number of nitrogens with one attached hydrogen (secondary N) is 1. The highest BCUT2D eigenvalue weighted by molar-refractivity contribution is 7.90. The van der Waals surface area contributed by atoms with Crippen LogP contribution in [0.5, 0.6) is 11.5 Å². The van der Waals surface area contributed by atoms with Gasteiger partial charge in [-0.2, -0.15) is 0 Å². The lowest BCUT2D eigenvalue weighted by Gasteiger charge is -2.18. The highest BCUT2D eigenvalue weighted by Gasteiger charge is 2.37. The minimum absolute atomic E-state index is 0.00658. The monoisotopic (exact) mass is 349 g/mol. The Balaban J connectivity index is 1.52. The predicted octanol–water partition coefficient (Wildman–Crippen LogP) is 2.01. The van der Waals surface area contributed by atoms with Crippen LogP contribution in [-0.2, 0) is 14.8 Å². The van der Waals surface area contributed by atoms with Gasteiger partial charge in [-0.15, -0.1) is 0 Å². The lowest BCUT2D eigenvalue weighted by Crippen LogP contribution is -2.29. The molecule has 0 spiro atoms. The number of benzene rings is 1. The Bertz CT molecular complexity index is 792. The average molecular weight is 349 g/mol. The number of carbonyl (C=O) groups is 1. The number of hydrogen-bond acceptors (Lipinski definition) is 5. The molecule has 2 aliphatic carbocycles. The zero-order valence-corrected chi connectivity index (χ0v) is 14.0. The molecule has 128 valence electrons. The molecular formula is C17H19NO5S. The Hall–Kier alpha value is -2.02. The van der Waals surface area contributed by atoms with E-state index in [1.165, 1.54) is 18.2 Å². The molecule has 1 N–H and O–H groups in total. The molecular weight excluding hydrogens is 330 g/mol. The van der Waals surface area contributed by atoms with Crippen molar-refractivity contribution in [2.45, 2.75) is 30.6 Å². The van der Waals surface area contributed by atoms with Crippen LogP contribution < -0.4 is 14.2 Å². The summed E-state index contributed by atoms with van der Waals surface area (Å²) in [5.74, 6) is 1.26. The van der Waals surface area contributed by atoms with Crippen LogP contribution in [0.25, 0.3) is 0 Å². The second-order valence-corrected chi connectivity index (χ2v) is 8.15. The lowest BCUT2D eigenvalue weighted by molar-refractivity contribution is -0.114. The fourth-order valence-corrected chi connectivity index (χ4v) is 3.92. The normalized spacial score (nSPS) is 19.5. The van der Waals surface area contributed by atoms with Gasteiger partial charge in [-0.3, -0.25) is 4.79 Å². The number of fused-ring (bicyclic) bond motifs is 1. The van der Waals surface area contributed by atoms with Crippen LogP contribution in [0.3, 0.4) is 0 Å². The molecule has 1 aromatic rings. The first-order chi connectivity index (χ1) is 11.5. The number of rotatable bonds is 5. The third-order valence-corrected chi connectivity index (χ3v) is 5.80. The van der Waals surface area contributed by atoms with Crippen molar-refractivity contribution in [3.8, 4) is 11.5 Å². The quantitative estimate of drug-likeness (QED) is 0.823. The van der Waals surface area contributed by atoms with Crippen molar-refractivity contribution in [2.75, 3.05) is 13.2 Å². The Kier molecular flexibility index (Phi) is 3.75. The van der Waals surface area contributed by atoms with E-state index in [4.69, 9.17) is 9.47 Å². The van der Waals surface area contributed by atoms with E-state index in [0.29, 0.717) is 36.5 Å². The molecule has 1 amide bonds. The third kappa shape index (κ3) is 3.26. The van der Waals surface area contributed by atoms with Gasteiger partial charge in [0.15, 0.2) is 11.5 Å². The van der Waals surface area contributed by atoms with Gasteiger partial charge in [0.1, 0.15) is 13.2 Å². The smallest absolute Gasteiger partial charge is 0.264 e. The summed E-state index contributed by atoms with van der Waals surface area (Å²) in [6, 6.07) is 4.34. The Labute approximate surface area is 140 Å². The summed E-state index contributed by atoms with van der Waals surface area (Å²) in [4.78, 5) is 12.2. The van der Waals surface area contributed by atoms with Crippen molar-refractivity contribution >= 4 is 15.9 Å². The number of hydrogen-bond donors (Lipinski definition) is 1. The van der Waals surface area contributed by atoms with Crippen LogP contribution in [0.4, 0.5) is 0 Å². The fraction of sp³-hybridized carbons (Fsp3) is 0.471. The van der Waals surface area contributed by atoms with Crippen LogP contribution in [0.2, 0.25) is 0 Å². The minimum atomic E-state index is -3.93. The van der Waals surface area contributed by atoms with Crippen molar-refractivity contribution < 1.29 is 22.7 Å². The molecule has 0 radical (unpaired) electrons. The van der Waals surface area contributed by atoms with Gasteiger partial charge in [0, 0.05) is 12.1 Å². The molecule has 0 unspecified atom stereocenters. The lowest BCUT2D eigenvalue weighted by atomic mass is 10.1. The summed E-state index contributed by atoms with van der Waals surface area (Å²) in [7, 11) is -3.93. The summed E-state index contributed by atoms with van der Waals surface area (Å²) in [6.45, 7) is 0.809. The summed E-state index contributed by atoms with van der Waals surface area (Å²) >= 11 is 0. The van der Waals surface area contributed by atoms with Gasteiger partial charge in [0.25, 0.3) is 15.9 Å². The van der Waals surface area contributed by atoms with Crippen LogP contribution in [-0.4, -0.2) is 27.5 Å². The third-order valence-electron chi connectivity index (χ3n) is 4.45. The van der Waals surface area contributed by atoms with Crippen molar-refractivity contribution in [3.63, 3.8) is 0 Å². The van der Waals surface area contributed by atoms with Crippen LogP contribution in [0.1, 0.15) is 25.7 Å². The van der Waals surface area contributed by atoms with Gasteiger partial charge in [-0.25, -0.2) is 13.1 Å². The molecule has 0 bridgehead atoms. The first kappa shape index (κ1) is 15.5. The van der Waals surface area contributed by atoms with Crippen LogP contribution in [0.15, 0.2) is 34.7 Å². The van der Waals surface area contributed by atoms with Gasteiger partial charge < -0.3 is 9.47 Å². The van der Waals surface area contributed by atoms with Crippen LogP contribution in [0, 0.1) is 11.8 Å². The van der Waals surface area contributed by atoms with E-state index in [9.17, 15) is 13.2 Å². The number of ether oxygens (including phenoxy) is 2. The molecule has 1 heterocycles. The van der Waals surface area contributed by atoms with Crippen LogP contribution >= 0.6 is 0 Å². The zero-order valence-electron chi connectivity index (χ0n) is 13.2. The van der Waals surface area contributed by atoms with E-state index in [0.717, 1.165) is 31.3 Å². The van der Waals surface area contributed by atoms with E-state index in [1.807, 2.05) is 0 Å². The van der Waals surface area contributed by atoms with Gasteiger partial charge in [-0.05, 0) is 49.7 Å². The SMILES string of the molecule is O=C(C=C(C1CC1)C1CC1)NS(=O)(=O)c1ccc2c(c1)OCCO2. The number of sulfonamides is 1. The van der Waals surface area contributed by atoms with Gasteiger partial charge >= 0.3 is 0 Å². The van der Waals surface area contributed by atoms with E-state index in [1.54, 1.807) is 6.07 Å². The summed E-state index contributed by atoms with van der Waals surface area (Å²) in [6.07, 6.45) is 5.90. The van der Waals surface area contributed by atoms with E-state index >= 15 is 0 Å². The molecule has 4 rings (SSSR count). The maximum atomic E-state index is 12.4. The van der Waals surface area contributed by atoms with Crippen molar-refractivity contribution in [1.82, 2.24) is 4.72 Å². The molecule has 2 fully saturated rings. The number of carbonyl (C=O) groups excluding carboxylic acids is 1. The minimum Gasteiger partial charge on any atom is -0.486 e. The molecule has 2 saturated carbocycles. The zero-order chi connectivity index (χ0) is 16.7. The second-order valence-electron chi connectivity index (χ2n) is 6.47. The predicted molar refractivity (Wildman–Crippen MR) is 86.3 cm³/mol. The summed E-state index contributed by atoms with van der Waals surface area (Å²) in [5, 5.41) is 0. The molecule has 3 aliphatic rings. The first-order valence-electron chi connectivity index (χ1n) is 8.21. The largest absolute Gasteiger partial charge is 0.486 e. The van der Waals surface area contributed by atoms with Crippen molar-refractivity contribution in [3.05, 3.63) is 29.8 Å². The first-order valence-corrected chi connectivity index (χ1v) is 9.69. The highest BCUT2D eigenvalue weighted by Crippen LogP contribution is 2.48. The van der Waals surface area contributed by atoms with Crippen molar-refractivity contribution in [2.24, 2.45) is 11.8 Å². The van der Waals surface area contributed by atoms with Gasteiger partial charge in [0.2, 0.25) is 0 Å². The Morgan fingerprint density at radius 3 is 2.29 bits per heavy atom. The maximum absolute atomic E-state index is 12.4. The number of allylic oxidation sites excluding steroid dienone is 1. The Morgan fingerprint density at radius 1 is 1.04 bits per heavy atom.